The van der Waals surface area contributed by atoms with Crippen LogP contribution in [0.15, 0.2) is 48.8 Å². The van der Waals surface area contributed by atoms with Crippen molar-refractivity contribution in [2.45, 2.75) is 44.6 Å². The number of aromatic nitrogens is 3. The summed E-state index contributed by atoms with van der Waals surface area (Å²) in [5.41, 5.74) is 3.30. The summed E-state index contributed by atoms with van der Waals surface area (Å²) in [4.78, 5) is 36.4. The first-order chi connectivity index (χ1) is 19.4. The first-order valence-electron chi connectivity index (χ1n) is 13.7. The van der Waals surface area contributed by atoms with Crippen LogP contribution in [0.2, 0.25) is 0 Å². The van der Waals surface area contributed by atoms with E-state index in [1.165, 1.54) is 0 Å². The van der Waals surface area contributed by atoms with E-state index in [0.29, 0.717) is 25.2 Å². The van der Waals surface area contributed by atoms with Gasteiger partial charge >= 0.3 is 5.97 Å². The van der Waals surface area contributed by atoms with Crippen molar-refractivity contribution in [3.8, 4) is 22.4 Å². The number of carbonyl (C=O) groups excluding carboxylic acids is 1. The van der Waals surface area contributed by atoms with Gasteiger partial charge in [-0.2, -0.15) is 4.39 Å². The molecule has 1 aromatic carbocycles. The Morgan fingerprint density at radius 3 is 2.65 bits per heavy atom. The van der Waals surface area contributed by atoms with Gasteiger partial charge in [-0.25, -0.2) is 9.97 Å². The highest BCUT2D eigenvalue weighted by molar-refractivity contribution is 7.14. The number of anilines is 1. The van der Waals surface area contributed by atoms with E-state index in [-0.39, 0.29) is 35.1 Å². The average molecular weight is 563 g/mol. The standard InChI is InChI=1S/C30H31FN4O4S/c1-34-11-8-19-15-21(17-32-28(19)34)23-4-2-3-5-24(23)26-27(31)40-30(33-26)35(22-6-7-22)29(38)20(16-25(36)37)14-18-9-12-39-13-10-18/h2-5,8,11,15,17-18,20,22H,6-7,9-10,12-14,16H2,1H3,(H,36,37). The Bertz CT molecular complexity index is 1560. The normalized spacial score (nSPS) is 16.8. The molecule has 2 fully saturated rings. The van der Waals surface area contributed by atoms with Crippen LogP contribution in [0.1, 0.15) is 38.5 Å². The van der Waals surface area contributed by atoms with Crippen molar-refractivity contribution in [2.75, 3.05) is 18.1 Å². The molecule has 4 heterocycles. The summed E-state index contributed by atoms with van der Waals surface area (Å²) in [6, 6.07) is 11.4. The average Bonchev–Trinajstić information content (AvgIpc) is 3.62. The van der Waals surface area contributed by atoms with Gasteiger partial charge in [-0.15, -0.1) is 0 Å². The van der Waals surface area contributed by atoms with Crippen LogP contribution in [0.3, 0.4) is 0 Å². The Balaban J connectivity index is 1.33. The quantitative estimate of drug-likeness (QED) is 0.273. The Hall–Kier alpha value is -3.63. The number of pyridine rings is 1. The summed E-state index contributed by atoms with van der Waals surface area (Å²) in [7, 11) is 1.94. The van der Waals surface area contributed by atoms with Crippen molar-refractivity contribution in [1.29, 1.82) is 0 Å². The number of thiazole rings is 1. The lowest BCUT2D eigenvalue weighted by Crippen LogP contribution is -2.40. The van der Waals surface area contributed by atoms with Gasteiger partial charge in [-0.1, -0.05) is 35.6 Å². The molecule has 0 bridgehead atoms. The first-order valence-corrected chi connectivity index (χ1v) is 14.5. The van der Waals surface area contributed by atoms with E-state index >= 15 is 4.39 Å². The molecule has 8 nitrogen and oxygen atoms in total. The number of aliphatic carboxylic acids is 1. The Morgan fingerprint density at radius 1 is 1.18 bits per heavy atom. The number of ether oxygens (including phenoxy) is 1. The third-order valence-electron chi connectivity index (χ3n) is 7.86. The van der Waals surface area contributed by atoms with Crippen LogP contribution in [0.5, 0.6) is 0 Å². The highest BCUT2D eigenvalue weighted by Crippen LogP contribution is 2.42. The molecule has 40 heavy (non-hydrogen) atoms. The van der Waals surface area contributed by atoms with Crippen LogP contribution in [0.25, 0.3) is 33.4 Å². The summed E-state index contributed by atoms with van der Waals surface area (Å²) in [6.07, 6.45) is 7.15. The number of hydrogen-bond donors (Lipinski definition) is 1. The van der Waals surface area contributed by atoms with E-state index in [1.807, 2.05) is 54.2 Å². The van der Waals surface area contributed by atoms with E-state index in [9.17, 15) is 14.7 Å². The van der Waals surface area contributed by atoms with Crippen molar-refractivity contribution in [3.63, 3.8) is 0 Å². The fourth-order valence-electron chi connectivity index (χ4n) is 5.63. The van der Waals surface area contributed by atoms with E-state index < -0.39 is 17.0 Å². The number of hydrogen-bond acceptors (Lipinski definition) is 6. The van der Waals surface area contributed by atoms with Crippen LogP contribution in [0, 0.1) is 17.0 Å². The molecule has 3 aromatic heterocycles. The summed E-state index contributed by atoms with van der Waals surface area (Å²) in [5, 5.41) is 10.4. The lowest BCUT2D eigenvalue weighted by molar-refractivity contribution is -0.141. The minimum Gasteiger partial charge on any atom is -0.481 e. The zero-order valence-corrected chi connectivity index (χ0v) is 23.1. The number of carboxylic acid groups (broad SMARTS) is 1. The number of amides is 1. The Kier molecular flexibility index (Phi) is 7.37. The highest BCUT2D eigenvalue weighted by Gasteiger charge is 2.40. The highest BCUT2D eigenvalue weighted by atomic mass is 32.1. The molecule has 4 aromatic rings. The fraction of sp³-hybridized carbons (Fsp3) is 0.400. The fourth-order valence-corrected chi connectivity index (χ4v) is 6.52. The maximum Gasteiger partial charge on any atom is 0.304 e. The van der Waals surface area contributed by atoms with Gasteiger partial charge in [-0.05, 0) is 55.7 Å². The van der Waals surface area contributed by atoms with Gasteiger partial charge < -0.3 is 14.4 Å². The lowest BCUT2D eigenvalue weighted by Gasteiger charge is -2.29. The Labute approximate surface area is 235 Å². The number of nitrogens with zero attached hydrogens (tertiary/aromatic N) is 4. The minimum absolute atomic E-state index is 0.0863. The van der Waals surface area contributed by atoms with Gasteiger partial charge in [0.1, 0.15) is 11.3 Å². The molecular formula is C30H31FN4O4S. The van der Waals surface area contributed by atoms with Gasteiger partial charge in [-0.3, -0.25) is 14.5 Å². The van der Waals surface area contributed by atoms with Crippen molar-refractivity contribution >= 4 is 39.4 Å². The van der Waals surface area contributed by atoms with Gasteiger partial charge in [0.15, 0.2) is 5.13 Å². The van der Waals surface area contributed by atoms with Crippen LogP contribution < -0.4 is 4.90 Å². The van der Waals surface area contributed by atoms with Crippen LogP contribution >= 0.6 is 11.3 Å². The maximum atomic E-state index is 15.6. The molecule has 0 radical (unpaired) electrons. The molecule has 6 rings (SSSR count). The summed E-state index contributed by atoms with van der Waals surface area (Å²) in [5.74, 6) is -1.74. The summed E-state index contributed by atoms with van der Waals surface area (Å²) >= 11 is 0.847. The largest absolute Gasteiger partial charge is 0.481 e. The predicted molar refractivity (Wildman–Crippen MR) is 152 cm³/mol. The van der Waals surface area contributed by atoms with E-state index in [4.69, 9.17) is 4.74 Å². The molecule has 1 amide bonds. The second-order valence-electron chi connectivity index (χ2n) is 10.8. The maximum absolute atomic E-state index is 15.6. The zero-order chi connectivity index (χ0) is 27.8. The van der Waals surface area contributed by atoms with Crippen LogP contribution in [-0.4, -0.2) is 50.8 Å². The SMILES string of the molecule is Cn1ccc2cc(-c3ccccc3-c3nc(N(C(=O)C(CC(=O)O)CC4CCOCC4)C4CC4)sc3F)cnc21. The number of carbonyl (C=O) groups is 2. The lowest BCUT2D eigenvalue weighted by atomic mass is 9.86. The second-order valence-corrected chi connectivity index (χ2v) is 11.7. The number of fused-ring (bicyclic) bond motifs is 1. The van der Waals surface area contributed by atoms with Crippen molar-refractivity contribution in [1.82, 2.24) is 14.5 Å². The van der Waals surface area contributed by atoms with Crippen LogP contribution in [-0.2, 0) is 21.4 Å². The zero-order valence-electron chi connectivity index (χ0n) is 22.3. The topological polar surface area (TPSA) is 97.6 Å². The van der Waals surface area contributed by atoms with Crippen molar-refractivity contribution in [3.05, 3.63) is 53.9 Å². The molecule has 1 aliphatic carbocycles. The van der Waals surface area contributed by atoms with Gasteiger partial charge in [0.2, 0.25) is 11.0 Å². The molecule has 208 valence electrons. The number of rotatable bonds is 9. The molecule has 2 aliphatic rings. The first kappa shape index (κ1) is 26.6. The third kappa shape index (κ3) is 5.38. The van der Waals surface area contributed by atoms with Crippen LogP contribution in [0.4, 0.5) is 9.52 Å². The number of aryl methyl sites for hydroxylation is 1. The van der Waals surface area contributed by atoms with Crippen molar-refractivity contribution in [2.24, 2.45) is 18.9 Å². The smallest absolute Gasteiger partial charge is 0.304 e. The molecule has 1 saturated carbocycles. The summed E-state index contributed by atoms with van der Waals surface area (Å²) in [6.45, 7) is 1.25. The molecule has 1 N–H and O–H groups in total. The number of benzene rings is 1. The number of halogens is 1. The Morgan fingerprint density at radius 2 is 1.93 bits per heavy atom. The van der Waals surface area contributed by atoms with E-state index in [2.05, 4.69) is 9.97 Å². The monoisotopic (exact) mass is 562 g/mol. The molecule has 1 unspecified atom stereocenters. The molecule has 1 atom stereocenters. The molecular weight excluding hydrogens is 531 g/mol. The van der Waals surface area contributed by atoms with Gasteiger partial charge in [0.05, 0.1) is 6.42 Å². The minimum atomic E-state index is -1.01. The number of carboxylic acids is 1. The summed E-state index contributed by atoms with van der Waals surface area (Å²) < 4.78 is 23.0. The van der Waals surface area contributed by atoms with E-state index in [0.717, 1.165) is 59.2 Å². The molecule has 10 heteroatoms. The predicted octanol–water partition coefficient (Wildman–Crippen LogP) is 5.91. The third-order valence-corrected chi connectivity index (χ3v) is 8.70. The van der Waals surface area contributed by atoms with Crippen molar-refractivity contribution < 1.29 is 23.8 Å². The van der Waals surface area contributed by atoms with Gasteiger partial charge in [0.25, 0.3) is 0 Å². The molecule has 1 saturated heterocycles. The molecule has 0 spiro atoms. The molecule has 1 aliphatic heterocycles. The van der Waals surface area contributed by atoms with Gasteiger partial charge in [0, 0.05) is 61.1 Å². The second kappa shape index (κ2) is 11.1. The van der Waals surface area contributed by atoms with E-state index in [1.54, 1.807) is 11.1 Å².